The molecule has 1 amide bonds. The maximum absolute atomic E-state index is 12.4. The first kappa shape index (κ1) is 20.9. The molecule has 1 atom stereocenters. The van der Waals surface area contributed by atoms with Crippen LogP contribution in [0.25, 0.3) is 5.69 Å². The Morgan fingerprint density at radius 1 is 1.16 bits per heavy atom. The Balaban J connectivity index is 1.93. The molecule has 8 nitrogen and oxygen atoms in total. The lowest BCUT2D eigenvalue weighted by Gasteiger charge is -2.15. The highest BCUT2D eigenvalue weighted by atomic mass is 35.5. The van der Waals surface area contributed by atoms with Crippen LogP contribution in [0.5, 0.6) is 5.75 Å². The van der Waals surface area contributed by atoms with Gasteiger partial charge in [-0.3, -0.25) is 14.9 Å². The summed E-state index contributed by atoms with van der Waals surface area (Å²) in [6.07, 6.45) is -1.67. The summed E-state index contributed by atoms with van der Waals surface area (Å²) in [5.41, 5.74) is 3.13. The summed E-state index contributed by atoms with van der Waals surface area (Å²) in [7, 11) is 1.61. The van der Waals surface area contributed by atoms with E-state index in [4.69, 9.17) is 26.1 Å². The van der Waals surface area contributed by atoms with E-state index in [9.17, 15) is 4.79 Å². The summed E-state index contributed by atoms with van der Waals surface area (Å²) in [6.45, 7) is 5.41. The minimum absolute atomic E-state index is 0.272. The molecular weight excluding hydrogens is 418 g/mol. The summed E-state index contributed by atoms with van der Waals surface area (Å²) in [4.78, 5) is 17.3. The molecule has 4 rings (SSSR count). The van der Waals surface area contributed by atoms with Crippen LogP contribution in [-0.4, -0.2) is 39.8 Å². The zero-order valence-corrected chi connectivity index (χ0v) is 18.3. The van der Waals surface area contributed by atoms with E-state index in [0.717, 1.165) is 16.8 Å². The van der Waals surface area contributed by atoms with Crippen molar-refractivity contribution in [3.05, 3.63) is 70.3 Å². The van der Waals surface area contributed by atoms with E-state index in [-0.39, 0.29) is 6.10 Å². The van der Waals surface area contributed by atoms with Crippen LogP contribution in [0.3, 0.4) is 0 Å². The molecule has 1 aliphatic heterocycles. The minimum Gasteiger partial charge on any atom is -0.497 e. The van der Waals surface area contributed by atoms with Gasteiger partial charge in [0.2, 0.25) is 0 Å². The highest BCUT2D eigenvalue weighted by molar-refractivity contribution is 6.30. The molecule has 3 aromatic rings. The number of carbonyl (C=O) groups excluding carboxylic acids is 1. The zero-order valence-electron chi connectivity index (χ0n) is 17.6. The molecule has 0 aliphatic carbocycles. The van der Waals surface area contributed by atoms with Gasteiger partial charge in [0.1, 0.15) is 11.6 Å². The number of amides is 1. The Kier molecular flexibility index (Phi) is 5.65. The first-order valence-electron chi connectivity index (χ1n) is 9.79. The topological polar surface area (TPSA) is 90.6 Å². The van der Waals surface area contributed by atoms with Crippen LogP contribution in [0.2, 0.25) is 5.02 Å². The first-order valence-corrected chi connectivity index (χ1v) is 10.2. The van der Waals surface area contributed by atoms with Crippen LogP contribution in [0, 0.1) is 6.92 Å². The van der Waals surface area contributed by atoms with E-state index < -0.39 is 12.3 Å². The number of fused-ring (bicyclic) bond motifs is 3. The SMILES string of the molecule is COc1ccc2c(c1)C(c1ccc(Cl)cc1)=N[C@@H](NC(=O)OC(C)C)c1nnc(C)n1-2. The maximum Gasteiger partial charge on any atom is 0.409 e. The Morgan fingerprint density at radius 2 is 1.90 bits per heavy atom. The van der Waals surface area contributed by atoms with Gasteiger partial charge in [-0.2, -0.15) is 0 Å². The average Bonchev–Trinajstić information content (AvgIpc) is 3.05. The van der Waals surface area contributed by atoms with Gasteiger partial charge in [-0.15, -0.1) is 10.2 Å². The van der Waals surface area contributed by atoms with Crippen LogP contribution in [-0.2, 0) is 4.74 Å². The van der Waals surface area contributed by atoms with Crippen molar-refractivity contribution in [2.75, 3.05) is 7.11 Å². The van der Waals surface area contributed by atoms with Crippen LogP contribution in [0.1, 0.15) is 42.8 Å². The number of ether oxygens (including phenoxy) is 2. The lowest BCUT2D eigenvalue weighted by Crippen LogP contribution is -2.31. The first-order chi connectivity index (χ1) is 14.9. The lowest BCUT2D eigenvalue weighted by molar-refractivity contribution is 0.112. The fraction of sp³-hybridized carbons (Fsp3) is 0.273. The van der Waals surface area contributed by atoms with Crippen molar-refractivity contribution in [2.24, 2.45) is 4.99 Å². The smallest absolute Gasteiger partial charge is 0.409 e. The highest BCUT2D eigenvalue weighted by Gasteiger charge is 2.30. The molecular formula is C22H22ClN5O3. The number of nitrogens with one attached hydrogen (secondary N) is 1. The fourth-order valence-electron chi connectivity index (χ4n) is 3.43. The third kappa shape index (κ3) is 4.11. The molecule has 0 spiro atoms. The molecule has 1 aliphatic rings. The van der Waals surface area contributed by atoms with Crippen molar-refractivity contribution in [3.63, 3.8) is 0 Å². The summed E-state index contributed by atoms with van der Waals surface area (Å²) < 4.78 is 12.6. The third-order valence-corrected chi connectivity index (χ3v) is 5.02. The van der Waals surface area contributed by atoms with Gasteiger partial charge in [0, 0.05) is 16.1 Å². The zero-order chi connectivity index (χ0) is 22.1. The number of methoxy groups -OCH3 is 1. The van der Waals surface area contributed by atoms with E-state index in [1.54, 1.807) is 33.1 Å². The maximum atomic E-state index is 12.4. The second-order valence-electron chi connectivity index (χ2n) is 7.31. The third-order valence-electron chi connectivity index (χ3n) is 4.77. The van der Waals surface area contributed by atoms with Gasteiger partial charge >= 0.3 is 6.09 Å². The number of aryl methyl sites for hydroxylation is 1. The van der Waals surface area contributed by atoms with Gasteiger partial charge < -0.3 is 9.47 Å². The van der Waals surface area contributed by atoms with Crippen LogP contribution < -0.4 is 10.1 Å². The van der Waals surface area contributed by atoms with E-state index in [1.807, 2.05) is 41.8 Å². The predicted octanol–water partition coefficient (Wildman–Crippen LogP) is 4.22. The van der Waals surface area contributed by atoms with E-state index in [2.05, 4.69) is 15.5 Å². The molecule has 160 valence electrons. The number of benzene rings is 2. The van der Waals surface area contributed by atoms with E-state index in [1.165, 1.54) is 0 Å². The van der Waals surface area contributed by atoms with Gasteiger partial charge in [0.25, 0.3) is 0 Å². The Hall–Kier alpha value is -3.39. The summed E-state index contributed by atoms with van der Waals surface area (Å²) >= 11 is 6.10. The summed E-state index contributed by atoms with van der Waals surface area (Å²) in [5, 5.41) is 11.9. The number of hydrogen-bond donors (Lipinski definition) is 1. The van der Waals surface area contributed by atoms with Crippen molar-refractivity contribution >= 4 is 23.4 Å². The highest BCUT2D eigenvalue weighted by Crippen LogP contribution is 2.32. The quantitative estimate of drug-likeness (QED) is 0.657. The molecule has 0 saturated heterocycles. The number of aliphatic imine (C=N–C) groups is 1. The second kappa shape index (κ2) is 8.39. The molecule has 31 heavy (non-hydrogen) atoms. The van der Waals surface area contributed by atoms with Crippen LogP contribution in [0.4, 0.5) is 4.79 Å². The number of carbonyl (C=O) groups is 1. The van der Waals surface area contributed by atoms with Gasteiger partial charge in [0.05, 0.1) is 24.6 Å². The molecule has 0 bridgehead atoms. The number of alkyl carbamates (subject to hydrolysis) is 1. The number of hydrogen-bond acceptors (Lipinski definition) is 6. The Bertz CT molecular complexity index is 1150. The van der Waals surface area contributed by atoms with Crippen LogP contribution in [0.15, 0.2) is 47.5 Å². The van der Waals surface area contributed by atoms with E-state index in [0.29, 0.717) is 28.1 Å². The number of halogens is 1. The van der Waals surface area contributed by atoms with Crippen molar-refractivity contribution in [1.82, 2.24) is 20.1 Å². The Morgan fingerprint density at radius 3 is 2.58 bits per heavy atom. The normalized spacial score (nSPS) is 14.9. The molecule has 0 unspecified atom stereocenters. The van der Waals surface area contributed by atoms with Crippen LogP contribution >= 0.6 is 11.6 Å². The minimum atomic E-state index is -0.809. The molecule has 2 aromatic carbocycles. The summed E-state index contributed by atoms with van der Waals surface area (Å²) in [6, 6.07) is 13.0. The Labute approximate surface area is 184 Å². The van der Waals surface area contributed by atoms with Crippen molar-refractivity contribution < 1.29 is 14.3 Å². The molecule has 9 heteroatoms. The average molecular weight is 440 g/mol. The van der Waals surface area contributed by atoms with Crippen molar-refractivity contribution in [1.29, 1.82) is 0 Å². The standard InChI is InChI=1S/C22H22ClN5O3/c1-12(2)31-22(29)25-20-21-27-26-13(3)28(21)18-10-9-16(30-4)11-17(18)19(24-20)14-5-7-15(23)8-6-14/h5-12,20H,1-4H3,(H,25,29)/t20-/m0/s1. The number of nitrogens with zero attached hydrogens (tertiary/aromatic N) is 4. The largest absolute Gasteiger partial charge is 0.497 e. The molecule has 2 heterocycles. The van der Waals surface area contributed by atoms with Crippen molar-refractivity contribution in [3.8, 4) is 11.4 Å². The monoisotopic (exact) mass is 439 g/mol. The number of aromatic nitrogens is 3. The second-order valence-corrected chi connectivity index (χ2v) is 7.75. The molecule has 0 radical (unpaired) electrons. The molecule has 0 fully saturated rings. The lowest BCUT2D eigenvalue weighted by atomic mass is 10.00. The van der Waals surface area contributed by atoms with Crippen molar-refractivity contribution in [2.45, 2.75) is 33.0 Å². The van der Waals surface area contributed by atoms with Gasteiger partial charge in [-0.1, -0.05) is 23.7 Å². The molecule has 1 N–H and O–H groups in total. The molecule has 1 aromatic heterocycles. The van der Waals surface area contributed by atoms with E-state index >= 15 is 0 Å². The molecule has 0 saturated carbocycles. The fourth-order valence-corrected chi connectivity index (χ4v) is 3.56. The van der Waals surface area contributed by atoms with Gasteiger partial charge in [0.15, 0.2) is 12.0 Å². The summed E-state index contributed by atoms with van der Waals surface area (Å²) in [5.74, 6) is 1.82. The predicted molar refractivity (Wildman–Crippen MR) is 117 cm³/mol. The van der Waals surface area contributed by atoms with Gasteiger partial charge in [-0.05, 0) is 51.1 Å². The number of rotatable bonds is 4. The van der Waals surface area contributed by atoms with Gasteiger partial charge in [-0.25, -0.2) is 4.79 Å².